The van der Waals surface area contributed by atoms with Gasteiger partial charge in [-0.15, -0.1) is 0 Å². The van der Waals surface area contributed by atoms with Gasteiger partial charge >= 0.3 is 6.18 Å². The number of anilines is 1. The Morgan fingerprint density at radius 2 is 2.06 bits per heavy atom. The molecule has 0 saturated heterocycles. The van der Waals surface area contributed by atoms with Crippen LogP contribution < -0.4 is 5.32 Å². The first kappa shape index (κ1) is 12.6. The second-order valence-corrected chi connectivity index (χ2v) is 4.86. The number of nitrogens with one attached hydrogen (secondary N) is 1. The average Bonchev–Trinajstić information content (AvgIpc) is 2.97. The van der Waals surface area contributed by atoms with Gasteiger partial charge in [-0.25, -0.2) is 9.97 Å². The van der Waals surface area contributed by atoms with E-state index in [0.717, 1.165) is 0 Å². The first-order chi connectivity index (χ1) is 7.86. The Hall–Kier alpha value is -0.850. The number of rotatable bonds is 3. The molecule has 0 atom stereocenters. The minimum Gasteiger partial charge on any atom is -0.356 e. The number of aromatic nitrogens is 2. The summed E-state index contributed by atoms with van der Waals surface area (Å²) in [5.74, 6) is 0.735. The fraction of sp³-hybridized carbons (Fsp3) is 0.600. The molecule has 0 aromatic carbocycles. The summed E-state index contributed by atoms with van der Waals surface area (Å²) in [7, 11) is 0. The molecule has 1 aromatic rings. The maximum absolute atomic E-state index is 12.7. The van der Waals surface area contributed by atoms with Gasteiger partial charge in [-0.3, -0.25) is 0 Å². The molecule has 1 saturated carbocycles. The minimum atomic E-state index is -4.24. The molecule has 1 heterocycles. The lowest BCUT2D eigenvalue weighted by atomic mass is 10.2. The molecule has 0 spiro atoms. The van der Waals surface area contributed by atoms with Gasteiger partial charge in [0.1, 0.15) is 21.8 Å². The summed E-state index contributed by atoms with van der Waals surface area (Å²) in [5, 5.41) is 2.48. The van der Waals surface area contributed by atoms with Crippen LogP contribution in [0.25, 0.3) is 0 Å². The monoisotopic (exact) mass is 309 g/mol. The van der Waals surface area contributed by atoms with Crippen LogP contribution in [-0.2, 0) is 6.42 Å². The van der Waals surface area contributed by atoms with Gasteiger partial charge in [0.05, 0.1) is 0 Å². The molecule has 0 amide bonds. The quantitative estimate of drug-likeness (QED) is 0.871. The summed E-state index contributed by atoms with van der Waals surface area (Å²) >= 11 is 3.16. The highest BCUT2D eigenvalue weighted by atomic mass is 79.9. The fourth-order valence-corrected chi connectivity index (χ4v) is 1.96. The highest BCUT2D eigenvalue weighted by Crippen LogP contribution is 2.51. The van der Waals surface area contributed by atoms with E-state index in [2.05, 4.69) is 31.2 Å². The Morgan fingerprint density at radius 1 is 1.41 bits per heavy atom. The highest BCUT2D eigenvalue weighted by molar-refractivity contribution is 9.10. The molecule has 1 aliphatic rings. The first-order valence-electron chi connectivity index (χ1n) is 5.25. The minimum absolute atomic E-state index is 0.0968. The molecule has 0 radical (unpaired) electrons. The summed E-state index contributed by atoms with van der Waals surface area (Å²) in [6, 6.07) is 1.46. The van der Waals surface area contributed by atoms with Crippen LogP contribution in [0.2, 0.25) is 0 Å². The van der Waals surface area contributed by atoms with Crippen LogP contribution >= 0.6 is 15.9 Å². The predicted octanol–water partition coefficient (Wildman–Crippen LogP) is 3.31. The third-order valence-electron chi connectivity index (χ3n) is 2.72. The van der Waals surface area contributed by atoms with Crippen LogP contribution in [-0.4, -0.2) is 21.7 Å². The van der Waals surface area contributed by atoms with E-state index in [1.54, 1.807) is 0 Å². The van der Waals surface area contributed by atoms with Crippen molar-refractivity contribution in [2.24, 2.45) is 0 Å². The SMILES string of the molecule is CCc1nc(Br)cc(NC2(C(F)(F)F)CC2)n1. The normalized spacial score (nSPS) is 17.9. The predicted molar refractivity (Wildman–Crippen MR) is 60.8 cm³/mol. The molecule has 1 N–H and O–H groups in total. The van der Waals surface area contributed by atoms with Gasteiger partial charge in [0.15, 0.2) is 0 Å². The Balaban J connectivity index is 2.22. The molecule has 17 heavy (non-hydrogen) atoms. The lowest BCUT2D eigenvalue weighted by Crippen LogP contribution is -2.39. The lowest BCUT2D eigenvalue weighted by Gasteiger charge is -2.21. The van der Waals surface area contributed by atoms with Crippen LogP contribution in [0.5, 0.6) is 0 Å². The molecule has 1 fully saturated rings. The smallest absolute Gasteiger partial charge is 0.356 e. The van der Waals surface area contributed by atoms with Gasteiger partial charge in [0.2, 0.25) is 0 Å². The average molecular weight is 310 g/mol. The second-order valence-electron chi connectivity index (χ2n) is 4.05. The summed E-state index contributed by atoms with van der Waals surface area (Å²) in [6.07, 6.45) is -3.47. The van der Waals surface area contributed by atoms with E-state index in [-0.39, 0.29) is 18.7 Å². The van der Waals surface area contributed by atoms with Crippen LogP contribution in [0.1, 0.15) is 25.6 Å². The van der Waals surface area contributed by atoms with E-state index in [1.165, 1.54) is 6.07 Å². The van der Waals surface area contributed by atoms with Crippen molar-refractivity contribution in [2.45, 2.75) is 37.9 Å². The Labute approximate surface area is 105 Å². The topological polar surface area (TPSA) is 37.8 Å². The third kappa shape index (κ3) is 2.53. The fourth-order valence-electron chi connectivity index (χ4n) is 1.54. The van der Waals surface area contributed by atoms with Crippen molar-refractivity contribution >= 4 is 21.7 Å². The summed E-state index contributed by atoms with van der Waals surface area (Å²) in [5.41, 5.74) is -1.79. The Bertz CT molecular complexity index is 429. The number of hydrogen-bond acceptors (Lipinski definition) is 3. The number of alkyl halides is 3. The van der Waals surface area contributed by atoms with E-state index in [9.17, 15) is 13.2 Å². The Morgan fingerprint density at radius 3 is 2.53 bits per heavy atom. The standard InChI is InChI=1S/C10H11BrF3N3/c1-2-7-15-6(11)5-8(16-7)17-9(3-4-9)10(12,13)14/h5H,2-4H2,1H3,(H,15,16,17). The summed E-state index contributed by atoms with van der Waals surface area (Å²) in [6.45, 7) is 1.85. The first-order valence-corrected chi connectivity index (χ1v) is 6.04. The molecule has 94 valence electrons. The van der Waals surface area contributed by atoms with Gasteiger partial charge in [0.25, 0.3) is 0 Å². The van der Waals surface area contributed by atoms with Gasteiger partial charge in [-0.1, -0.05) is 6.92 Å². The summed E-state index contributed by atoms with van der Waals surface area (Å²) < 4.78 is 38.7. The van der Waals surface area contributed by atoms with E-state index in [1.807, 2.05) is 6.92 Å². The maximum atomic E-state index is 12.7. The van der Waals surface area contributed by atoms with Gasteiger partial charge in [0, 0.05) is 12.5 Å². The molecule has 2 rings (SSSR count). The van der Waals surface area contributed by atoms with Crippen molar-refractivity contribution < 1.29 is 13.2 Å². The molecular weight excluding hydrogens is 299 g/mol. The zero-order valence-electron chi connectivity index (χ0n) is 9.10. The number of aryl methyl sites for hydroxylation is 1. The van der Waals surface area contributed by atoms with Crippen LogP contribution in [0.15, 0.2) is 10.7 Å². The van der Waals surface area contributed by atoms with Gasteiger partial charge in [-0.05, 0) is 28.8 Å². The van der Waals surface area contributed by atoms with Crippen molar-refractivity contribution in [1.82, 2.24) is 9.97 Å². The van der Waals surface area contributed by atoms with Crippen molar-refractivity contribution in [3.05, 3.63) is 16.5 Å². The van der Waals surface area contributed by atoms with Crippen molar-refractivity contribution in [2.75, 3.05) is 5.32 Å². The lowest BCUT2D eigenvalue weighted by molar-refractivity contribution is -0.151. The van der Waals surface area contributed by atoms with Crippen LogP contribution in [0.3, 0.4) is 0 Å². The number of halogens is 4. The molecule has 0 aliphatic heterocycles. The molecule has 3 nitrogen and oxygen atoms in total. The maximum Gasteiger partial charge on any atom is 0.411 e. The molecule has 1 aliphatic carbocycles. The Kier molecular flexibility index (Phi) is 3.05. The number of nitrogens with zero attached hydrogens (tertiary/aromatic N) is 2. The molecular formula is C10H11BrF3N3. The van der Waals surface area contributed by atoms with Crippen LogP contribution in [0.4, 0.5) is 19.0 Å². The molecule has 1 aromatic heterocycles. The molecule has 0 bridgehead atoms. The van der Waals surface area contributed by atoms with Crippen molar-refractivity contribution in [3.8, 4) is 0 Å². The van der Waals surface area contributed by atoms with E-state index in [0.29, 0.717) is 16.8 Å². The zero-order chi connectivity index (χ0) is 12.7. The van der Waals surface area contributed by atoms with E-state index in [4.69, 9.17) is 0 Å². The van der Waals surface area contributed by atoms with Crippen molar-refractivity contribution in [1.29, 1.82) is 0 Å². The van der Waals surface area contributed by atoms with Crippen LogP contribution in [0, 0.1) is 0 Å². The molecule has 0 unspecified atom stereocenters. The second kappa shape index (κ2) is 4.12. The van der Waals surface area contributed by atoms with Gasteiger partial charge < -0.3 is 5.32 Å². The summed E-state index contributed by atoms with van der Waals surface area (Å²) in [4.78, 5) is 8.09. The number of hydrogen-bond donors (Lipinski definition) is 1. The van der Waals surface area contributed by atoms with E-state index >= 15 is 0 Å². The third-order valence-corrected chi connectivity index (χ3v) is 3.12. The zero-order valence-corrected chi connectivity index (χ0v) is 10.7. The van der Waals surface area contributed by atoms with E-state index < -0.39 is 11.7 Å². The van der Waals surface area contributed by atoms with Gasteiger partial charge in [-0.2, -0.15) is 13.2 Å². The largest absolute Gasteiger partial charge is 0.411 e. The molecule has 7 heteroatoms. The van der Waals surface area contributed by atoms with Crippen molar-refractivity contribution in [3.63, 3.8) is 0 Å². The highest BCUT2D eigenvalue weighted by Gasteiger charge is 2.63.